The molecule has 2 aromatic carbocycles. The molecule has 17 nitrogen and oxygen atoms in total. The van der Waals surface area contributed by atoms with E-state index in [9.17, 15) is 35.5 Å². The van der Waals surface area contributed by atoms with Gasteiger partial charge in [-0.15, -0.1) is 0 Å². The summed E-state index contributed by atoms with van der Waals surface area (Å²) in [5, 5.41) is 18.0. The summed E-state index contributed by atoms with van der Waals surface area (Å²) < 4.78 is 68.9. The first kappa shape index (κ1) is 53.0. The van der Waals surface area contributed by atoms with Crippen molar-refractivity contribution < 1.29 is 45.2 Å². The maximum atomic E-state index is 12.8. The number of aliphatic carboxylic acids is 1. The molecule has 0 spiro atoms. The number of nitrogens with zero attached hydrogens (tertiary/aromatic N) is 5. The molecule has 6 N–H and O–H groups in total. The summed E-state index contributed by atoms with van der Waals surface area (Å²) in [5.41, 5.74) is 5.79. The van der Waals surface area contributed by atoms with Gasteiger partial charge in [-0.05, 0) is 108 Å². The monoisotopic (exact) mass is 985 g/mol. The van der Waals surface area contributed by atoms with E-state index in [1.165, 1.54) is 17.7 Å². The van der Waals surface area contributed by atoms with E-state index in [1.54, 1.807) is 6.07 Å². The number of rotatable bonds is 27. The van der Waals surface area contributed by atoms with Crippen LogP contribution in [0, 0.1) is 6.92 Å². The molecule has 3 aromatic rings. The fourth-order valence-corrected chi connectivity index (χ4v) is 10.1. The van der Waals surface area contributed by atoms with E-state index < -0.39 is 37.4 Å². The van der Waals surface area contributed by atoms with Gasteiger partial charge in [0.1, 0.15) is 6.54 Å². The molecule has 0 aliphatic carbocycles. The lowest BCUT2D eigenvalue weighted by Crippen LogP contribution is -2.30. The first-order valence-corrected chi connectivity index (χ1v) is 26.4. The number of hydrogen-bond acceptors (Lipinski definition) is 12. The van der Waals surface area contributed by atoms with Gasteiger partial charge in [-0.3, -0.25) is 18.7 Å². The second kappa shape index (κ2) is 23.4. The number of anilines is 3. The quantitative estimate of drug-likeness (QED) is 0.0241. The van der Waals surface area contributed by atoms with Crippen LogP contribution in [0.15, 0.2) is 65.2 Å². The number of carboxylic acid groups (broad SMARTS) is 1. The maximum absolute atomic E-state index is 12.8. The average molecular weight is 987 g/mol. The van der Waals surface area contributed by atoms with Gasteiger partial charge in [-0.1, -0.05) is 50.0 Å². The largest absolute Gasteiger partial charge is 0.481 e. The van der Waals surface area contributed by atoms with Gasteiger partial charge in [-0.2, -0.15) is 36.4 Å². The fraction of sp³-hybridized carbons (Fsp3) is 0.532. The summed E-state index contributed by atoms with van der Waals surface area (Å²) >= 11 is 6.09. The Labute approximate surface area is 400 Å². The molecule has 0 saturated carbocycles. The van der Waals surface area contributed by atoms with Gasteiger partial charge < -0.3 is 26.0 Å². The number of hydrogen-bond donors (Lipinski definition) is 6. The number of carbonyl (C=O) groups excluding carboxylic acids is 1. The van der Waals surface area contributed by atoms with Crippen molar-refractivity contribution in [3.63, 3.8) is 0 Å². The van der Waals surface area contributed by atoms with Crippen LogP contribution in [0.2, 0.25) is 5.28 Å². The highest BCUT2D eigenvalue weighted by Gasteiger charge is 2.46. The third-order valence-electron chi connectivity index (χ3n) is 12.3. The normalized spacial score (nSPS) is 17.3. The Morgan fingerprint density at radius 3 is 2.19 bits per heavy atom. The van der Waals surface area contributed by atoms with Crippen LogP contribution in [-0.4, -0.2) is 107 Å². The molecule has 20 heteroatoms. The number of carboxylic acids is 1. The van der Waals surface area contributed by atoms with E-state index in [4.69, 9.17) is 16.7 Å². The SMILES string of the molecule is CCCN1C(=CC=CC2=[N+](CCCS(=O)(=O)O)c3ccc(S(=O)(=O)O)cc3C2(C)C)C(C)(CCCCCC(=O)NCCCNc2nc(Cl)nc(NCCCCCC(=O)O)n2)c2cc(C)ccc21. The summed E-state index contributed by atoms with van der Waals surface area (Å²) in [5.74, 6) is -0.600. The Balaban J connectivity index is 1.20. The Hall–Kier alpha value is -4.95. The van der Waals surface area contributed by atoms with Gasteiger partial charge >= 0.3 is 5.97 Å². The Morgan fingerprint density at radius 2 is 1.52 bits per heavy atom. The molecule has 1 aromatic heterocycles. The van der Waals surface area contributed by atoms with Gasteiger partial charge in [0.25, 0.3) is 20.2 Å². The molecular weight excluding hydrogens is 920 g/mol. The summed E-state index contributed by atoms with van der Waals surface area (Å²) in [6.45, 7) is 13.0. The number of aromatic nitrogens is 3. The van der Waals surface area contributed by atoms with Crippen LogP contribution in [0.3, 0.4) is 0 Å². The highest BCUT2D eigenvalue weighted by molar-refractivity contribution is 7.86. The molecule has 2 aliphatic heterocycles. The molecular formula is C47H66ClN8O9S2+. The minimum atomic E-state index is -4.48. The topological polar surface area (TPSA) is 244 Å². The zero-order chi connectivity index (χ0) is 49.0. The number of nitrogens with one attached hydrogen (secondary N) is 3. The van der Waals surface area contributed by atoms with Crippen LogP contribution in [0.25, 0.3) is 0 Å². The zero-order valence-electron chi connectivity index (χ0n) is 39.1. The van der Waals surface area contributed by atoms with Crippen LogP contribution in [-0.2, 0) is 40.7 Å². The van der Waals surface area contributed by atoms with Gasteiger partial charge in [0.05, 0.1) is 16.1 Å². The molecule has 1 unspecified atom stereocenters. The number of unbranched alkanes of at least 4 members (excludes halogenated alkanes) is 4. The third kappa shape index (κ3) is 14.5. The molecule has 67 heavy (non-hydrogen) atoms. The predicted molar refractivity (Wildman–Crippen MR) is 262 cm³/mol. The van der Waals surface area contributed by atoms with Crippen molar-refractivity contribution in [1.29, 1.82) is 0 Å². The Morgan fingerprint density at radius 1 is 0.836 bits per heavy atom. The number of carbonyl (C=O) groups is 2. The van der Waals surface area contributed by atoms with E-state index in [0.29, 0.717) is 62.0 Å². The Kier molecular flexibility index (Phi) is 18.5. The highest BCUT2D eigenvalue weighted by Crippen LogP contribution is 2.51. The van der Waals surface area contributed by atoms with Crippen LogP contribution in [0.1, 0.15) is 121 Å². The van der Waals surface area contributed by atoms with Gasteiger partial charge in [0, 0.05) is 79.9 Å². The number of fused-ring (bicyclic) bond motifs is 2. The van der Waals surface area contributed by atoms with Crippen molar-refractivity contribution in [2.75, 3.05) is 54.0 Å². The van der Waals surface area contributed by atoms with Crippen LogP contribution in [0.5, 0.6) is 0 Å². The highest BCUT2D eigenvalue weighted by atomic mass is 35.5. The molecule has 3 heterocycles. The van der Waals surface area contributed by atoms with Gasteiger partial charge in [-0.25, -0.2) is 0 Å². The molecule has 5 rings (SSSR count). The lowest BCUT2D eigenvalue weighted by molar-refractivity contribution is -0.437. The van der Waals surface area contributed by atoms with Crippen molar-refractivity contribution in [2.45, 2.75) is 127 Å². The molecule has 366 valence electrons. The van der Waals surface area contributed by atoms with Crippen molar-refractivity contribution in [1.82, 2.24) is 20.3 Å². The number of halogens is 1. The smallest absolute Gasteiger partial charge is 0.303 e. The van der Waals surface area contributed by atoms with E-state index in [2.05, 4.69) is 80.8 Å². The number of allylic oxidation sites excluding steroid dienone is 4. The number of amides is 1. The van der Waals surface area contributed by atoms with Gasteiger partial charge in [0.15, 0.2) is 5.71 Å². The lowest BCUT2D eigenvalue weighted by atomic mass is 9.76. The fourth-order valence-electron chi connectivity index (χ4n) is 8.92. The minimum absolute atomic E-state index is 0.0123. The zero-order valence-corrected chi connectivity index (χ0v) is 41.5. The van der Waals surface area contributed by atoms with Crippen molar-refractivity contribution in [3.8, 4) is 0 Å². The van der Waals surface area contributed by atoms with Crippen molar-refractivity contribution in [2.24, 2.45) is 0 Å². The second-order valence-corrected chi connectivity index (χ2v) is 21.3. The maximum Gasteiger partial charge on any atom is 0.303 e. The molecule has 0 radical (unpaired) electrons. The average Bonchev–Trinajstić information content (AvgIpc) is 3.59. The summed E-state index contributed by atoms with van der Waals surface area (Å²) in [7, 11) is -8.68. The summed E-state index contributed by atoms with van der Waals surface area (Å²) in [6.07, 6.45) is 13.8. The Bertz CT molecular complexity index is 2590. The molecule has 0 bridgehead atoms. The molecule has 1 amide bonds. The van der Waals surface area contributed by atoms with Crippen LogP contribution in [0.4, 0.5) is 23.3 Å². The van der Waals surface area contributed by atoms with Crippen LogP contribution < -0.4 is 20.9 Å². The van der Waals surface area contributed by atoms with Crippen molar-refractivity contribution in [3.05, 3.63) is 82.3 Å². The van der Waals surface area contributed by atoms with E-state index in [1.807, 2.05) is 30.6 Å². The first-order chi connectivity index (χ1) is 31.6. The summed E-state index contributed by atoms with van der Waals surface area (Å²) in [6, 6.07) is 11.0. The van der Waals surface area contributed by atoms with E-state index in [0.717, 1.165) is 74.2 Å². The standard InChI is InChI=1S/C47H65ClN8O9S2/c1-6-28-55-38-22-20-33(2)31-36(38)47(5,24-11-7-9-18-41(57)49-26-14-27-51-45-53-43(48)52-44(54-45)50-25-12-8-10-19-42(58)59)40(55)17-13-16-39-46(3,4)35-32-34(67(63,64)65)21-23-37(35)56(39)29-15-30-66(60,61)62/h13,16-17,20-23,31-32H,6-12,14-15,18-19,24-30H2,1-5H3,(H5-,49,50,51,52,53,54,57,58,59,60,61,62,63,64,65)/p+1. The summed E-state index contributed by atoms with van der Waals surface area (Å²) in [4.78, 5) is 38.2. The third-order valence-corrected chi connectivity index (χ3v) is 14.1. The molecule has 2 aliphatic rings. The number of aryl methyl sites for hydroxylation is 1. The van der Waals surface area contributed by atoms with Gasteiger partial charge in [0.2, 0.25) is 28.8 Å². The van der Waals surface area contributed by atoms with Crippen LogP contribution >= 0.6 is 11.6 Å². The predicted octanol–water partition coefficient (Wildman–Crippen LogP) is 7.99. The molecule has 0 fully saturated rings. The minimum Gasteiger partial charge on any atom is -0.481 e. The van der Waals surface area contributed by atoms with E-state index in [-0.39, 0.29) is 40.9 Å². The molecule has 1 atom stereocenters. The van der Waals surface area contributed by atoms with E-state index >= 15 is 0 Å². The first-order valence-electron chi connectivity index (χ1n) is 23.0. The van der Waals surface area contributed by atoms with Crippen molar-refractivity contribution >= 4 is 72.7 Å². The second-order valence-electron chi connectivity index (χ2n) is 17.9. The lowest BCUT2D eigenvalue weighted by Gasteiger charge is -2.30. The number of benzene rings is 2. The molecule has 0 saturated heterocycles.